The number of sulfonamides is 1. The van der Waals surface area contributed by atoms with Gasteiger partial charge in [-0.3, -0.25) is 4.79 Å². The quantitative estimate of drug-likeness (QED) is 0.626. The Kier molecular flexibility index (Phi) is 7.69. The molecule has 0 aromatic heterocycles. The van der Waals surface area contributed by atoms with Crippen molar-refractivity contribution in [2.75, 3.05) is 36.4 Å². The van der Waals surface area contributed by atoms with Gasteiger partial charge >= 0.3 is 6.18 Å². The third-order valence-corrected chi connectivity index (χ3v) is 7.78. The van der Waals surface area contributed by atoms with Crippen LogP contribution in [0.25, 0.3) is 0 Å². The first-order valence-corrected chi connectivity index (χ1v) is 12.3. The fourth-order valence-electron chi connectivity index (χ4n) is 3.93. The molecular formula is C23H28F3N3O3S. The van der Waals surface area contributed by atoms with Crippen LogP contribution in [0.2, 0.25) is 0 Å². The van der Waals surface area contributed by atoms with Gasteiger partial charge in [-0.1, -0.05) is 6.07 Å². The van der Waals surface area contributed by atoms with Crippen molar-refractivity contribution in [2.45, 2.75) is 37.8 Å². The van der Waals surface area contributed by atoms with E-state index in [1.807, 2.05) is 24.3 Å². The molecule has 0 radical (unpaired) electrons. The number of nitrogens with zero attached hydrogens (tertiary/aromatic N) is 2. The molecule has 33 heavy (non-hydrogen) atoms. The Balaban J connectivity index is 1.61. The zero-order chi connectivity index (χ0) is 24.2. The lowest BCUT2D eigenvalue weighted by atomic mass is 9.97. The van der Waals surface area contributed by atoms with Crippen LogP contribution in [0.15, 0.2) is 53.4 Å². The van der Waals surface area contributed by atoms with Crippen molar-refractivity contribution in [1.29, 1.82) is 0 Å². The Morgan fingerprint density at radius 2 is 1.67 bits per heavy atom. The first-order chi connectivity index (χ1) is 15.6. The number of alkyl halides is 3. The number of nitrogens with one attached hydrogen (secondary N) is 1. The number of benzene rings is 2. The van der Waals surface area contributed by atoms with Gasteiger partial charge in [0.15, 0.2) is 0 Å². The predicted molar refractivity (Wildman–Crippen MR) is 122 cm³/mol. The number of carbonyl (C=O) groups excluding carboxylic acids is 1. The van der Waals surface area contributed by atoms with E-state index >= 15 is 0 Å². The van der Waals surface area contributed by atoms with Gasteiger partial charge in [-0.15, -0.1) is 0 Å². The number of hydrogen-bond acceptors (Lipinski definition) is 4. The average Bonchev–Trinajstić information content (AvgIpc) is 2.80. The van der Waals surface area contributed by atoms with Crippen LogP contribution in [0.3, 0.4) is 0 Å². The molecule has 1 heterocycles. The molecule has 1 saturated heterocycles. The number of anilines is 2. The van der Waals surface area contributed by atoms with Crippen molar-refractivity contribution in [1.82, 2.24) is 4.31 Å². The molecule has 0 saturated carbocycles. The maximum absolute atomic E-state index is 13.0. The summed E-state index contributed by atoms with van der Waals surface area (Å²) in [5, 5.41) is 2.87. The molecule has 1 N–H and O–H groups in total. The molecule has 0 spiro atoms. The molecule has 0 bridgehead atoms. The summed E-state index contributed by atoms with van der Waals surface area (Å²) in [6.45, 7) is 6.03. The van der Waals surface area contributed by atoms with Crippen LogP contribution in [0.4, 0.5) is 24.5 Å². The summed E-state index contributed by atoms with van der Waals surface area (Å²) < 4.78 is 65.7. The number of piperidine rings is 1. The zero-order valence-corrected chi connectivity index (χ0v) is 19.4. The number of hydrogen-bond donors (Lipinski definition) is 1. The fourth-order valence-corrected chi connectivity index (χ4v) is 5.45. The largest absolute Gasteiger partial charge is 0.416 e. The summed E-state index contributed by atoms with van der Waals surface area (Å²) >= 11 is 0. The molecule has 1 aliphatic rings. The van der Waals surface area contributed by atoms with E-state index in [0.717, 1.165) is 41.3 Å². The van der Waals surface area contributed by atoms with Crippen LogP contribution < -0.4 is 10.2 Å². The molecule has 3 rings (SSSR count). The Bertz CT molecular complexity index is 1060. The molecule has 1 fully saturated rings. The Labute approximate surface area is 192 Å². The summed E-state index contributed by atoms with van der Waals surface area (Å²) in [4.78, 5) is 14.5. The molecule has 1 aliphatic heterocycles. The second-order valence-corrected chi connectivity index (χ2v) is 9.85. The number of amides is 1. The molecule has 0 atom stereocenters. The van der Waals surface area contributed by atoms with Crippen molar-refractivity contribution < 1.29 is 26.4 Å². The highest BCUT2D eigenvalue weighted by Crippen LogP contribution is 2.32. The zero-order valence-electron chi connectivity index (χ0n) is 18.6. The van der Waals surface area contributed by atoms with Crippen LogP contribution in [0.5, 0.6) is 0 Å². The number of rotatable bonds is 7. The molecule has 2 aromatic carbocycles. The van der Waals surface area contributed by atoms with E-state index < -0.39 is 26.7 Å². The summed E-state index contributed by atoms with van der Waals surface area (Å²) in [7, 11) is -4.07. The first-order valence-electron chi connectivity index (χ1n) is 10.9. The minimum absolute atomic E-state index is 0.0670. The Hall–Kier alpha value is -2.59. The van der Waals surface area contributed by atoms with Gasteiger partial charge in [0.2, 0.25) is 15.9 Å². The number of halogens is 3. The molecule has 0 aliphatic carbocycles. The highest BCUT2D eigenvalue weighted by Gasteiger charge is 2.35. The molecular weight excluding hydrogens is 455 g/mol. The van der Waals surface area contributed by atoms with Crippen LogP contribution in [-0.2, 0) is 21.0 Å². The average molecular weight is 484 g/mol. The summed E-state index contributed by atoms with van der Waals surface area (Å²) in [6.07, 6.45) is -4.04. The summed E-state index contributed by atoms with van der Waals surface area (Å²) in [5.74, 6) is -0.567. The Morgan fingerprint density at radius 1 is 1.06 bits per heavy atom. The molecule has 10 heteroatoms. The van der Waals surface area contributed by atoms with Crippen molar-refractivity contribution in [3.05, 3.63) is 54.1 Å². The SMILES string of the molecule is CCN(CC)c1ccc(NC(=O)C2CCN(S(=O)(=O)c3cccc(C(F)(F)F)c3)CC2)cc1. The summed E-state index contributed by atoms with van der Waals surface area (Å²) in [5.41, 5.74) is 0.714. The molecule has 180 valence electrons. The van der Waals surface area contributed by atoms with Gasteiger partial charge in [-0.05, 0) is 69.2 Å². The second-order valence-electron chi connectivity index (χ2n) is 7.91. The number of carbonyl (C=O) groups is 1. The molecule has 6 nitrogen and oxygen atoms in total. The smallest absolute Gasteiger partial charge is 0.372 e. The third kappa shape index (κ3) is 5.86. The van der Waals surface area contributed by atoms with E-state index in [2.05, 4.69) is 24.1 Å². The minimum atomic E-state index is -4.62. The molecule has 1 amide bonds. The van der Waals surface area contributed by atoms with E-state index in [-0.39, 0.29) is 24.9 Å². The summed E-state index contributed by atoms with van der Waals surface area (Å²) in [6, 6.07) is 11.3. The van der Waals surface area contributed by atoms with E-state index in [4.69, 9.17) is 0 Å². The molecule has 2 aromatic rings. The highest BCUT2D eigenvalue weighted by molar-refractivity contribution is 7.89. The predicted octanol–water partition coefficient (Wildman–Crippen LogP) is 4.59. The van der Waals surface area contributed by atoms with Gasteiger partial charge in [-0.25, -0.2) is 8.42 Å². The lowest BCUT2D eigenvalue weighted by Crippen LogP contribution is -2.41. The first kappa shape index (κ1) is 25.0. The van der Waals surface area contributed by atoms with Crippen molar-refractivity contribution in [3.63, 3.8) is 0 Å². The van der Waals surface area contributed by atoms with Crippen LogP contribution in [0.1, 0.15) is 32.3 Å². The van der Waals surface area contributed by atoms with E-state index in [1.54, 1.807) is 0 Å². The van der Waals surface area contributed by atoms with Crippen molar-refractivity contribution in [3.8, 4) is 0 Å². The maximum Gasteiger partial charge on any atom is 0.416 e. The van der Waals surface area contributed by atoms with Crippen LogP contribution in [-0.4, -0.2) is 44.8 Å². The van der Waals surface area contributed by atoms with E-state index in [1.165, 1.54) is 0 Å². The third-order valence-electron chi connectivity index (χ3n) is 5.89. The monoisotopic (exact) mass is 483 g/mol. The lowest BCUT2D eigenvalue weighted by Gasteiger charge is -2.30. The minimum Gasteiger partial charge on any atom is -0.372 e. The van der Waals surface area contributed by atoms with Gasteiger partial charge in [0, 0.05) is 43.5 Å². The van der Waals surface area contributed by atoms with Crippen LogP contribution in [0, 0.1) is 5.92 Å². The topological polar surface area (TPSA) is 69.7 Å². The van der Waals surface area contributed by atoms with E-state index in [9.17, 15) is 26.4 Å². The maximum atomic E-state index is 13.0. The highest BCUT2D eigenvalue weighted by atomic mass is 32.2. The van der Waals surface area contributed by atoms with Gasteiger partial charge < -0.3 is 10.2 Å². The molecule has 0 unspecified atom stereocenters. The van der Waals surface area contributed by atoms with Crippen molar-refractivity contribution >= 4 is 27.3 Å². The van der Waals surface area contributed by atoms with E-state index in [0.29, 0.717) is 24.6 Å². The van der Waals surface area contributed by atoms with Gasteiger partial charge in [0.05, 0.1) is 10.5 Å². The van der Waals surface area contributed by atoms with Crippen molar-refractivity contribution in [2.24, 2.45) is 5.92 Å². The van der Waals surface area contributed by atoms with Gasteiger partial charge in [0.25, 0.3) is 0 Å². The second kappa shape index (κ2) is 10.1. The van der Waals surface area contributed by atoms with Gasteiger partial charge in [0.1, 0.15) is 0 Å². The standard InChI is InChI=1S/C23H28F3N3O3S/c1-3-28(4-2)20-10-8-19(9-11-20)27-22(30)17-12-14-29(15-13-17)33(31,32)21-7-5-6-18(16-21)23(24,25)26/h5-11,16-17H,3-4,12-15H2,1-2H3,(H,27,30). The van der Waals surface area contributed by atoms with Crippen LogP contribution >= 0.6 is 0 Å². The Morgan fingerprint density at radius 3 is 2.21 bits per heavy atom. The fraction of sp³-hybridized carbons (Fsp3) is 0.435. The lowest BCUT2D eigenvalue weighted by molar-refractivity contribution is -0.137. The normalized spacial score (nSPS) is 15.9. The van der Waals surface area contributed by atoms with Gasteiger partial charge in [-0.2, -0.15) is 17.5 Å².